The van der Waals surface area contributed by atoms with Gasteiger partial charge in [0.15, 0.2) is 0 Å². The van der Waals surface area contributed by atoms with Gasteiger partial charge in [-0.25, -0.2) is 8.42 Å². The highest BCUT2D eigenvalue weighted by Gasteiger charge is 2.36. The van der Waals surface area contributed by atoms with E-state index in [9.17, 15) is 22.8 Å². The second-order valence-corrected chi connectivity index (χ2v) is 10.6. The van der Waals surface area contributed by atoms with Crippen molar-refractivity contribution < 1.29 is 22.8 Å². The molecule has 3 heterocycles. The van der Waals surface area contributed by atoms with Gasteiger partial charge in [0.25, 0.3) is 0 Å². The predicted molar refractivity (Wildman–Crippen MR) is 114 cm³/mol. The summed E-state index contributed by atoms with van der Waals surface area (Å²) < 4.78 is 27.6. The second-order valence-electron chi connectivity index (χ2n) is 7.21. The fourth-order valence-electron chi connectivity index (χ4n) is 3.63. The van der Waals surface area contributed by atoms with Crippen molar-refractivity contribution in [3.05, 3.63) is 26.8 Å². The number of primary amides is 1. The van der Waals surface area contributed by atoms with Crippen molar-refractivity contribution in [2.75, 3.05) is 19.6 Å². The summed E-state index contributed by atoms with van der Waals surface area (Å²) in [6.45, 7) is 0.563. The Morgan fingerprint density at radius 2 is 2.00 bits per heavy atom. The third kappa shape index (κ3) is 5.60. The van der Waals surface area contributed by atoms with E-state index in [4.69, 9.17) is 17.3 Å². The zero-order chi connectivity index (χ0) is 21.9. The third-order valence-electron chi connectivity index (χ3n) is 5.07. The average Bonchev–Trinajstić information content (AvgIpc) is 3.32. The smallest absolute Gasteiger partial charge is 0.242 e. The van der Waals surface area contributed by atoms with Crippen LogP contribution in [0.2, 0.25) is 4.34 Å². The van der Waals surface area contributed by atoms with Crippen LogP contribution in [0.25, 0.3) is 6.08 Å². The highest BCUT2D eigenvalue weighted by molar-refractivity contribution is 7.92. The van der Waals surface area contributed by atoms with Crippen molar-refractivity contribution in [2.45, 2.75) is 37.8 Å². The van der Waals surface area contributed by atoms with Crippen molar-refractivity contribution in [1.82, 2.24) is 14.5 Å². The number of nitrogens with two attached hydrogens (primary N) is 1. The van der Waals surface area contributed by atoms with E-state index in [2.05, 4.69) is 4.72 Å². The zero-order valence-corrected chi connectivity index (χ0v) is 18.5. The molecular weight excluding hydrogens is 452 g/mol. The van der Waals surface area contributed by atoms with Crippen LogP contribution in [0.5, 0.6) is 0 Å². The average molecular weight is 475 g/mol. The molecule has 2 aliphatic heterocycles. The molecule has 3 rings (SSSR count). The first-order valence-corrected chi connectivity index (χ1v) is 12.2. The van der Waals surface area contributed by atoms with Crippen LogP contribution in [0.1, 0.15) is 30.6 Å². The van der Waals surface area contributed by atoms with Crippen molar-refractivity contribution in [2.24, 2.45) is 5.73 Å². The van der Waals surface area contributed by atoms with E-state index in [1.165, 1.54) is 27.2 Å². The number of piperidine rings is 1. The lowest BCUT2D eigenvalue weighted by atomic mass is 10.1. The zero-order valence-electron chi connectivity index (χ0n) is 16.1. The third-order valence-corrected chi connectivity index (χ3v) is 7.37. The SMILES string of the molecule is NC(=O)[C@@H]1CCCN1C(=O)CN1CCC[C@H](NS(=O)(=O)C=Cc2ccc(Cl)s2)C1=O. The largest absolute Gasteiger partial charge is 0.368 e. The minimum Gasteiger partial charge on any atom is -0.368 e. The molecule has 3 N–H and O–H groups in total. The number of amides is 3. The first-order chi connectivity index (χ1) is 14.2. The van der Waals surface area contributed by atoms with Crippen molar-refractivity contribution in [3.8, 4) is 0 Å². The maximum atomic E-state index is 12.7. The standard InChI is InChI=1S/C18H23ClN4O5S2/c19-15-6-5-12(29-15)7-10-30(27,28)21-13-3-1-8-22(18(13)26)11-16(24)23-9-2-4-14(23)17(20)25/h5-7,10,13-14,21H,1-4,8-9,11H2,(H2,20,25)/t13-,14-/m0/s1. The molecule has 0 saturated carbocycles. The van der Waals surface area contributed by atoms with Gasteiger partial charge in [0, 0.05) is 23.4 Å². The minimum atomic E-state index is -3.86. The van der Waals surface area contributed by atoms with Gasteiger partial charge in [-0.2, -0.15) is 4.72 Å². The molecule has 0 bridgehead atoms. The molecule has 2 fully saturated rings. The van der Waals surface area contributed by atoms with Crippen LogP contribution in [0.4, 0.5) is 0 Å². The lowest BCUT2D eigenvalue weighted by Gasteiger charge is -2.33. The summed E-state index contributed by atoms with van der Waals surface area (Å²) in [5, 5.41) is 0.994. The van der Waals surface area contributed by atoms with Crippen molar-refractivity contribution in [1.29, 1.82) is 0 Å². The van der Waals surface area contributed by atoms with E-state index < -0.39 is 33.9 Å². The lowest BCUT2D eigenvalue weighted by molar-refractivity contribution is -0.144. The molecule has 0 spiro atoms. The van der Waals surface area contributed by atoms with Gasteiger partial charge >= 0.3 is 0 Å². The Bertz CT molecular complexity index is 962. The number of thiophene rings is 1. The Labute approximate surface area is 183 Å². The van der Waals surface area contributed by atoms with E-state index in [0.717, 1.165) is 5.41 Å². The molecule has 2 aliphatic rings. The molecule has 2 saturated heterocycles. The van der Waals surface area contributed by atoms with E-state index in [1.54, 1.807) is 12.1 Å². The molecule has 9 nitrogen and oxygen atoms in total. The molecule has 1 aromatic rings. The number of halogens is 1. The first-order valence-electron chi connectivity index (χ1n) is 9.49. The summed E-state index contributed by atoms with van der Waals surface area (Å²) in [6, 6.07) is 1.76. The van der Waals surface area contributed by atoms with Crippen molar-refractivity contribution >= 4 is 56.8 Å². The number of nitrogens with one attached hydrogen (secondary N) is 1. The van der Waals surface area contributed by atoms with Crippen LogP contribution in [0.3, 0.4) is 0 Å². The lowest BCUT2D eigenvalue weighted by Crippen LogP contribution is -2.55. The van der Waals surface area contributed by atoms with Crippen LogP contribution >= 0.6 is 22.9 Å². The Balaban J connectivity index is 1.61. The van der Waals surface area contributed by atoms with Gasteiger partial charge in [-0.3, -0.25) is 14.4 Å². The molecule has 0 radical (unpaired) electrons. The predicted octanol–water partition coefficient (Wildman–Crippen LogP) is 0.759. The normalized spacial score (nSPS) is 22.8. The Hall–Kier alpha value is -1.95. The molecule has 0 aromatic carbocycles. The van der Waals surface area contributed by atoms with Crippen LogP contribution in [-0.4, -0.2) is 67.7 Å². The quantitative estimate of drug-likeness (QED) is 0.602. The minimum absolute atomic E-state index is 0.204. The fraction of sp³-hybridized carbons (Fsp3) is 0.500. The maximum Gasteiger partial charge on any atom is 0.242 e. The van der Waals surface area contributed by atoms with Gasteiger partial charge in [-0.05, 0) is 43.9 Å². The number of hydrogen-bond acceptors (Lipinski definition) is 6. The summed E-state index contributed by atoms with van der Waals surface area (Å²) >= 11 is 7.06. The molecule has 0 aliphatic carbocycles. The van der Waals surface area contributed by atoms with Gasteiger partial charge in [-0.1, -0.05) is 11.6 Å². The number of hydrogen-bond donors (Lipinski definition) is 2. The van der Waals surface area contributed by atoms with E-state index >= 15 is 0 Å². The first kappa shape index (κ1) is 22.7. The van der Waals surface area contributed by atoms with Crippen molar-refractivity contribution in [3.63, 3.8) is 0 Å². The molecule has 3 amide bonds. The molecular formula is C18H23ClN4O5S2. The highest BCUT2D eigenvalue weighted by Crippen LogP contribution is 2.23. The number of carbonyl (C=O) groups excluding carboxylic acids is 3. The summed E-state index contributed by atoms with van der Waals surface area (Å²) in [6.07, 6.45) is 3.49. The highest BCUT2D eigenvalue weighted by atomic mass is 35.5. The maximum absolute atomic E-state index is 12.7. The van der Waals surface area contributed by atoms with Crippen LogP contribution < -0.4 is 10.5 Å². The number of likely N-dealkylation sites (tertiary alicyclic amines) is 2. The Kier molecular flexibility index (Phi) is 7.17. The van der Waals surface area contributed by atoms with E-state index in [1.807, 2.05) is 0 Å². The van der Waals surface area contributed by atoms with E-state index in [-0.39, 0.29) is 12.5 Å². The summed E-state index contributed by atoms with van der Waals surface area (Å²) in [4.78, 5) is 40.2. The number of sulfonamides is 1. The number of rotatable bonds is 7. The Morgan fingerprint density at radius 3 is 2.67 bits per heavy atom. The van der Waals surface area contributed by atoms with Crippen LogP contribution in [0, 0.1) is 0 Å². The van der Waals surface area contributed by atoms with Crippen LogP contribution in [-0.2, 0) is 24.4 Å². The summed E-state index contributed by atoms with van der Waals surface area (Å²) in [5.74, 6) is -1.38. The molecule has 0 unspecified atom stereocenters. The fourth-order valence-corrected chi connectivity index (χ4v) is 5.70. The topological polar surface area (TPSA) is 130 Å². The van der Waals surface area contributed by atoms with Gasteiger partial charge in [0.2, 0.25) is 27.7 Å². The second kappa shape index (κ2) is 9.46. The Morgan fingerprint density at radius 1 is 1.27 bits per heavy atom. The molecule has 12 heteroatoms. The van der Waals surface area contributed by atoms with Crippen LogP contribution in [0.15, 0.2) is 17.5 Å². The van der Waals surface area contributed by atoms with Gasteiger partial charge in [0.05, 0.1) is 10.9 Å². The van der Waals surface area contributed by atoms with Gasteiger partial charge in [-0.15, -0.1) is 11.3 Å². The van der Waals surface area contributed by atoms with E-state index in [0.29, 0.717) is 48.0 Å². The molecule has 1 aromatic heterocycles. The monoisotopic (exact) mass is 474 g/mol. The molecule has 2 atom stereocenters. The molecule has 30 heavy (non-hydrogen) atoms. The number of nitrogens with zero attached hydrogens (tertiary/aromatic N) is 2. The summed E-state index contributed by atoms with van der Waals surface area (Å²) in [7, 11) is -3.86. The molecule has 164 valence electrons. The summed E-state index contributed by atoms with van der Waals surface area (Å²) in [5.41, 5.74) is 5.35. The number of carbonyl (C=O) groups is 3. The van der Waals surface area contributed by atoms with Gasteiger partial charge in [0.1, 0.15) is 12.1 Å². The van der Waals surface area contributed by atoms with Gasteiger partial charge < -0.3 is 15.5 Å².